The van der Waals surface area contributed by atoms with E-state index in [0.29, 0.717) is 11.1 Å². The second kappa shape index (κ2) is 5.15. The highest BCUT2D eigenvalue weighted by molar-refractivity contribution is 5.31. The predicted octanol–water partition coefficient (Wildman–Crippen LogP) is 4.71. The Bertz CT molecular complexity index is 638. The fourth-order valence-electron chi connectivity index (χ4n) is 1.70. The third-order valence-corrected chi connectivity index (χ3v) is 2.83. The molecule has 2 aromatic rings. The number of aryl methyl sites for hydroxylation is 2. The van der Waals surface area contributed by atoms with Gasteiger partial charge in [0, 0.05) is 6.07 Å². The Morgan fingerprint density at radius 1 is 0.900 bits per heavy atom. The molecule has 0 aliphatic carbocycles. The van der Waals surface area contributed by atoms with Crippen molar-refractivity contribution in [2.24, 2.45) is 0 Å². The number of rotatable bonds is 3. The van der Waals surface area contributed by atoms with Crippen LogP contribution in [0.5, 0.6) is 5.75 Å². The summed E-state index contributed by atoms with van der Waals surface area (Å²) in [6, 6.07) is 6.66. The highest BCUT2D eigenvalue weighted by Gasteiger charge is 2.37. The van der Waals surface area contributed by atoms with Gasteiger partial charge in [0.25, 0.3) is 0 Å². The SMILES string of the molecule is Cc1ccc(C(F)(F)Oc2ccc(C)c(F)c2)c(F)c1. The van der Waals surface area contributed by atoms with Crippen LogP contribution in [-0.2, 0) is 6.11 Å². The van der Waals surface area contributed by atoms with Crippen LogP contribution in [0.1, 0.15) is 16.7 Å². The van der Waals surface area contributed by atoms with Gasteiger partial charge in [-0.3, -0.25) is 0 Å². The lowest BCUT2D eigenvalue weighted by Gasteiger charge is -2.19. The van der Waals surface area contributed by atoms with E-state index in [1.807, 2.05) is 0 Å². The van der Waals surface area contributed by atoms with Crippen LogP contribution in [0, 0.1) is 25.5 Å². The van der Waals surface area contributed by atoms with Crippen LogP contribution < -0.4 is 4.74 Å². The molecule has 5 heteroatoms. The zero-order valence-electron chi connectivity index (χ0n) is 10.9. The predicted molar refractivity (Wildman–Crippen MR) is 66.8 cm³/mol. The van der Waals surface area contributed by atoms with Crippen LogP contribution in [0.2, 0.25) is 0 Å². The van der Waals surface area contributed by atoms with Crippen LogP contribution in [0.4, 0.5) is 17.6 Å². The zero-order valence-corrected chi connectivity index (χ0v) is 10.9. The van der Waals surface area contributed by atoms with Gasteiger partial charge in [-0.2, -0.15) is 8.78 Å². The fraction of sp³-hybridized carbons (Fsp3) is 0.200. The quantitative estimate of drug-likeness (QED) is 0.742. The van der Waals surface area contributed by atoms with Gasteiger partial charge in [0.05, 0.1) is 5.56 Å². The van der Waals surface area contributed by atoms with Gasteiger partial charge in [-0.15, -0.1) is 0 Å². The van der Waals surface area contributed by atoms with E-state index in [1.54, 1.807) is 6.92 Å². The van der Waals surface area contributed by atoms with Crippen LogP contribution in [-0.4, -0.2) is 0 Å². The largest absolute Gasteiger partial charge is 0.429 e. The fourth-order valence-corrected chi connectivity index (χ4v) is 1.70. The number of benzene rings is 2. The van der Waals surface area contributed by atoms with Crippen molar-refractivity contribution in [3.05, 3.63) is 64.7 Å². The molecule has 20 heavy (non-hydrogen) atoms. The normalized spacial score (nSPS) is 11.5. The van der Waals surface area contributed by atoms with Crippen LogP contribution >= 0.6 is 0 Å². The molecule has 1 nitrogen and oxygen atoms in total. The Hall–Kier alpha value is -2.04. The monoisotopic (exact) mass is 284 g/mol. The molecule has 0 saturated carbocycles. The van der Waals surface area contributed by atoms with Crippen molar-refractivity contribution >= 4 is 0 Å². The molecule has 106 valence electrons. The molecule has 0 radical (unpaired) electrons. The first kappa shape index (κ1) is 14.4. The van der Waals surface area contributed by atoms with E-state index in [2.05, 4.69) is 4.74 Å². The molecule has 0 unspecified atom stereocenters. The maximum atomic E-state index is 13.9. The van der Waals surface area contributed by atoms with Gasteiger partial charge in [-0.25, -0.2) is 8.78 Å². The lowest BCUT2D eigenvalue weighted by molar-refractivity contribution is -0.187. The summed E-state index contributed by atoms with van der Waals surface area (Å²) in [4.78, 5) is 0. The van der Waals surface area contributed by atoms with Crippen molar-refractivity contribution in [2.75, 3.05) is 0 Å². The number of halogens is 4. The number of ether oxygens (including phenoxy) is 1. The first-order chi connectivity index (χ1) is 9.29. The minimum absolute atomic E-state index is 0.308. The van der Waals surface area contributed by atoms with Crippen molar-refractivity contribution < 1.29 is 22.3 Å². The highest BCUT2D eigenvalue weighted by Crippen LogP contribution is 2.33. The summed E-state index contributed by atoms with van der Waals surface area (Å²) < 4.78 is 59.0. The lowest BCUT2D eigenvalue weighted by Crippen LogP contribution is -2.23. The molecule has 0 amide bonds. The van der Waals surface area contributed by atoms with Crippen LogP contribution in [0.15, 0.2) is 36.4 Å². The summed E-state index contributed by atoms with van der Waals surface area (Å²) in [5.41, 5.74) is -0.0605. The van der Waals surface area contributed by atoms with E-state index in [0.717, 1.165) is 18.2 Å². The summed E-state index contributed by atoms with van der Waals surface area (Å²) in [5.74, 6) is -2.09. The molecule has 0 aromatic heterocycles. The zero-order chi connectivity index (χ0) is 14.9. The van der Waals surface area contributed by atoms with Gasteiger partial charge in [0.2, 0.25) is 0 Å². The Balaban J connectivity index is 2.32. The summed E-state index contributed by atoms with van der Waals surface area (Å²) >= 11 is 0. The maximum Gasteiger partial charge on any atom is 0.429 e. The van der Waals surface area contributed by atoms with E-state index in [1.165, 1.54) is 25.1 Å². The Labute approximate surface area is 113 Å². The molecule has 0 spiro atoms. The van der Waals surface area contributed by atoms with Crippen molar-refractivity contribution in [3.63, 3.8) is 0 Å². The van der Waals surface area contributed by atoms with E-state index < -0.39 is 23.3 Å². The molecule has 0 aliphatic rings. The highest BCUT2D eigenvalue weighted by atomic mass is 19.3. The average Bonchev–Trinajstić information content (AvgIpc) is 2.33. The lowest BCUT2D eigenvalue weighted by atomic mass is 10.1. The van der Waals surface area contributed by atoms with Gasteiger partial charge in [0.1, 0.15) is 17.4 Å². The van der Waals surface area contributed by atoms with Crippen molar-refractivity contribution in [2.45, 2.75) is 20.0 Å². The number of hydrogen-bond donors (Lipinski definition) is 0. The first-order valence-electron chi connectivity index (χ1n) is 5.89. The van der Waals surface area contributed by atoms with E-state index in [4.69, 9.17) is 0 Å². The molecule has 0 heterocycles. The molecule has 2 aromatic carbocycles. The van der Waals surface area contributed by atoms with Crippen molar-refractivity contribution in [1.29, 1.82) is 0 Å². The molecular weight excluding hydrogens is 272 g/mol. The van der Waals surface area contributed by atoms with Crippen molar-refractivity contribution in [1.82, 2.24) is 0 Å². The summed E-state index contributed by atoms with van der Waals surface area (Å²) in [5, 5.41) is 0. The Morgan fingerprint density at radius 3 is 2.20 bits per heavy atom. The van der Waals surface area contributed by atoms with Crippen LogP contribution in [0.3, 0.4) is 0 Å². The average molecular weight is 284 g/mol. The summed E-state index contributed by atoms with van der Waals surface area (Å²) in [7, 11) is 0. The summed E-state index contributed by atoms with van der Waals surface area (Å²) in [6.07, 6.45) is -3.88. The molecule has 2 rings (SSSR count). The molecule has 0 aliphatic heterocycles. The van der Waals surface area contributed by atoms with Gasteiger partial charge in [-0.05, 0) is 43.2 Å². The minimum atomic E-state index is -3.88. The smallest absolute Gasteiger partial charge is 0.429 e. The van der Waals surface area contributed by atoms with E-state index in [-0.39, 0.29) is 5.75 Å². The minimum Gasteiger partial charge on any atom is -0.429 e. The molecule has 0 bridgehead atoms. The Morgan fingerprint density at radius 2 is 1.60 bits per heavy atom. The molecule has 0 fully saturated rings. The molecule has 0 atom stereocenters. The van der Waals surface area contributed by atoms with Gasteiger partial charge < -0.3 is 4.74 Å². The van der Waals surface area contributed by atoms with Crippen LogP contribution in [0.25, 0.3) is 0 Å². The topological polar surface area (TPSA) is 9.23 Å². The molecule has 0 N–H and O–H groups in total. The van der Waals surface area contributed by atoms with E-state index in [9.17, 15) is 17.6 Å². The molecule has 0 saturated heterocycles. The number of hydrogen-bond acceptors (Lipinski definition) is 1. The second-order valence-corrected chi connectivity index (χ2v) is 4.51. The first-order valence-corrected chi connectivity index (χ1v) is 5.89. The van der Waals surface area contributed by atoms with Gasteiger partial charge in [-0.1, -0.05) is 12.1 Å². The van der Waals surface area contributed by atoms with Gasteiger partial charge in [0.15, 0.2) is 0 Å². The van der Waals surface area contributed by atoms with Gasteiger partial charge >= 0.3 is 6.11 Å². The van der Waals surface area contributed by atoms with E-state index >= 15 is 0 Å². The maximum absolute atomic E-state index is 13.9. The summed E-state index contributed by atoms with van der Waals surface area (Å²) in [6.45, 7) is 3.08. The second-order valence-electron chi connectivity index (χ2n) is 4.51. The van der Waals surface area contributed by atoms with Crippen molar-refractivity contribution in [3.8, 4) is 5.75 Å². The third-order valence-electron chi connectivity index (χ3n) is 2.83. The number of alkyl halides is 2. The molecular formula is C15H12F4O. The Kier molecular flexibility index (Phi) is 3.70. The third kappa shape index (κ3) is 2.92. The standard InChI is InChI=1S/C15H12F4O/c1-9-3-6-12(14(17)7-9)15(18,19)20-11-5-4-10(2)13(16)8-11/h3-8H,1-2H3.